The van der Waals surface area contributed by atoms with Crippen LogP contribution in [0.25, 0.3) is 0 Å². The Morgan fingerprint density at radius 1 is 1.29 bits per heavy atom. The van der Waals surface area contributed by atoms with Gasteiger partial charge in [-0.05, 0) is 6.92 Å². The Morgan fingerprint density at radius 2 is 1.79 bits per heavy atom. The highest BCUT2D eigenvalue weighted by molar-refractivity contribution is 7.87. The van der Waals surface area contributed by atoms with Crippen molar-refractivity contribution in [2.75, 3.05) is 0 Å². The molecule has 1 N–H and O–H groups in total. The monoisotopic (exact) mass is 214 g/mol. The second kappa shape index (κ2) is 3.89. The van der Waals surface area contributed by atoms with E-state index in [2.05, 4.69) is 0 Å². The predicted molar refractivity (Wildman–Crippen MR) is 51.8 cm³/mol. The molecule has 0 aliphatic carbocycles. The second-order valence-electron chi connectivity index (χ2n) is 2.89. The Bertz CT molecular complexity index is 421. The van der Waals surface area contributed by atoms with E-state index in [-0.39, 0.29) is 5.56 Å². The van der Waals surface area contributed by atoms with Crippen LogP contribution in [0, 0.1) is 0 Å². The minimum absolute atomic E-state index is 0.276. The molecule has 0 fully saturated rings. The van der Waals surface area contributed by atoms with E-state index < -0.39 is 21.2 Å². The van der Waals surface area contributed by atoms with Crippen LogP contribution >= 0.6 is 0 Å². The number of Topliss-reactive ketones (excluding diaryl/α,β-unsaturated/α-hetero) is 1. The second-order valence-corrected chi connectivity index (χ2v) is 4.62. The lowest BCUT2D eigenvalue weighted by atomic mass is 10.1. The fraction of sp³-hybridized carbons (Fsp3) is 0.222. The normalized spacial score (nSPS) is 13.6. The molecule has 0 aliphatic heterocycles. The van der Waals surface area contributed by atoms with E-state index in [0.29, 0.717) is 0 Å². The number of hydrogen-bond acceptors (Lipinski definition) is 3. The number of benzene rings is 1. The van der Waals surface area contributed by atoms with Crippen LogP contribution < -0.4 is 0 Å². The number of rotatable bonds is 3. The molecule has 0 heterocycles. The van der Waals surface area contributed by atoms with Gasteiger partial charge >= 0.3 is 0 Å². The molecule has 0 saturated heterocycles. The summed E-state index contributed by atoms with van der Waals surface area (Å²) in [7, 11) is -4.30. The van der Waals surface area contributed by atoms with Gasteiger partial charge in [0.05, 0.1) is 0 Å². The van der Waals surface area contributed by atoms with Crippen LogP contribution in [-0.4, -0.2) is 24.0 Å². The van der Waals surface area contributed by atoms with Crippen LogP contribution in [0.3, 0.4) is 0 Å². The summed E-state index contributed by atoms with van der Waals surface area (Å²) in [6.45, 7) is 1.16. The SMILES string of the molecule is C[C@@H](C(=O)c1ccccc1)S(=O)(=O)O. The van der Waals surface area contributed by atoms with Crippen molar-refractivity contribution >= 4 is 15.9 Å². The first-order valence-electron chi connectivity index (χ1n) is 3.98. The number of carbonyl (C=O) groups excluding carboxylic acids is 1. The summed E-state index contributed by atoms with van der Waals surface area (Å²) >= 11 is 0. The zero-order valence-electron chi connectivity index (χ0n) is 7.54. The Morgan fingerprint density at radius 3 is 2.21 bits per heavy atom. The first kappa shape index (κ1) is 10.9. The zero-order valence-corrected chi connectivity index (χ0v) is 8.36. The van der Waals surface area contributed by atoms with Crippen molar-refractivity contribution in [1.82, 2.24) is 0 Å². The molecule has 0 unspecified atom stereocenters. The van der Waals surface area contributed by atoms with Crippen LogP contribution in [0.2, 0.25) is 0 Å². The average Bonchev–Trinajstić information content (AvgIpc) is 2.15. The smallest absolute Gasteiger partial charge is 0.275 e. The number of carbonyl (C=O) groups is 1. The molecule has 0 bridgehead atoms. The molecule has 4 nitrogen and oxygen atoms in total. The molecule has 1 aromatic carbocycles. The van der Waals surface area contributed by atoms with Crippen LogP contribution in [-0.2, 0) is 10.1 Å². The average molecular weight is 214 g/mol. The fourth-order valence-electron chi connectivity index (χ4n) is 0.972. The maximum Gasteiger partial charge on any atom is 0.275 e. The Balaban J connectivity index is 2.99. The van der Waals surface area contributed by atoms with Crippen molar-refractivity contribution in [3.05, 3.63) is 35.9 Å². The maximum absolute atomic E-state index is 11.5. The Hall–Kier alpha value is -1.20. The van der Waals surface area contributed by atoms with Gasteiger partial charge in [0.25, 0.3) is 10.1 Å². The first-order valence-corrected chi connectivity index (χ1v) is 5.49. The first-order chi connectivity index (χ1) is 6.43. The third-order valence-corrected chi connectivity index (χ3v) is 2.98. The quantitative estimate of drug-likeness (QED) is 0.605. The standard InChI is InChI=1S/C9H10O4S/c1-7(14(11,12)13)9(10)8-5-3-2-4-6-8/h2-7H,1H3,(H,11,12,13)/t7-/m0/s1. The van der Waals surface area contributed by atoms with Gasteiger partial charge in [-0.3, -0.25) is 9.35 Å². The summed E-state index contributed by atoms with van der Waals surface area (Å²) in [6, 6.07) is 7.98. The van der Waals surface area contributed by atoms with Crippen molar-refractivity contribution < 1.29 is 17.8 Å². The third-order valence-electron chi connectivity index (χ3n) is 1.87. The molecule has 0 radical (unpaired) electrons. The number of hydrogen-bond donors (Lipinski definition) is 1. The zero-order chi connectivity index (χ0) is 10.8. The molecular weight excluding hydrogens is 204 g/mol. The molecule has 1 aromatic rings. The van der Waals surface area contributed by atoms with Gasteiger partial charge in [0, 0.05) is 5.56 Å². The molecular formula is C9H10O4S. The molecule has 14 heavy (non-hydrogen) atoms. The van der Waals surface area contributed by atoms with E-state index >= 15 is 0 Å². The minimum atomic E-state index is -4.30. The maximum atomic E-state index is 11.5. The van der Waals surface area contributed by atoms with Crippen molar-refractivity contribution in [3.63, 3.8) is 0 Å². The molecule has 0 saturated carbocycles. The minimum Gasteiger partial charge on any atom is -0.293 e. The lowest BCUT2D eigenvalue weighted by Crippen LogP contribution is -2.26. The van der Waals surface area contributed by atoms with Gasteiger partial charge in [0.1, 0.15) is 5.25 Å². The number of ketones is 1. The molecule has 0 spiro atoms. The van der Waals surface area contributed by atoms with Crippen molar-refractivity contribution in [3.8, 4) is 0 Å². The van der Waals surface area contributed by atoms with E-state index in [1.54, 1.807) is 18.2 Å². The van der Waals surface area contributed by atoms with E-state index in [1.807, 2.05) is 0 Å². The molecule has 0 aliphatic rings. The van der Waals surface area contributed by atoms with Gasteiger partial charge < -0.3 is 0 Å². The van der Waals surface area contributed by atoms with E-state index in [0.717, 1.165) is 6.92 Å². The lowest BCUT2D eigenvalue weighted by molar-refractivity contribution is 0.0989. The molecule has 1 atom stereocenters. The van der Waals surface area contributed by atoms with Gasteiger partial charge in [0.15, 0.2) is 5.78 Å². The van der Waals surface area contributed by atoms with Gasteiger partial charge in [0.2, 0.25) is 0 Å². The molecule has 0 aromatic heterocycles. The highest BCUT2D eigenvalue weighted by Gasteiger charge is 2.26. The van der Waals surface area contributed by atoms with Crippen molar-refractivity contribution in [1.29, 1.82) is 0 Å². The fourth-order valence-corrected chi connectivity index (χ4v) is 1.38. The van der Waals surface area contributed by atoms with E-state index in [4.69, 9.17) is 4.55 Å². The van der Waals surface area contributed by atoms with Crippen LogP contribution in [0.15, 0.2) is 30.3 Å². The van der Waals surface area contributed by atoms with Crippen molar-refractivity contribution in [2.24, 2.45) is 0 Å². The van der Waals surface area contributed by atoms with Gasteiger partial charge in [-0.15, -0.1) is 0 Å². The summed E-state index contributed by atoms with van der Waals surface area (Å²) in [4.78, 5) is 11.5. The van der Waals surface area contributed by atoms with E-state index in [9.17, 15) is 13.2 Å². The van der Waals surface area contributed by atoms with Crippen LogP contribution in [0.5, 0.6) is 0 Å². The third kappa shape index (κ3) is 2.40. The van der Waals surface area contributed by atoms with Crippen molar-refractivity contribution in [2.45, 2.75) is 12.2 Å². The highest BCUT2D eigenvalue weighted by Crippen LogP contribution is 2.08. The van der Waals surface area contributed by atoms with E-state index in [1.165, 1.54) is 12.1 Å². The Labute approximate surface area is 82.3 Å². The highest BCUT2D eigenvalue weighted by atomic mass is 32.2. The molecule has 0 amide bonds. The predicted octanol–water partition coefficient (Wildman–Crippen LogP) is 1.15. The van der Waals surface area contributed by atoms with Gasteiger partial charge in [-0.1, -0.05) is 30.3 Å². The molecule has 1 rings (SSSR count). The summed E-state index contributed by atoms with van der Waals surface area (Å²) in [5.74, 6) is -0.604. The Kier molecular flexibility index (Phi) is 3.03. The van der Waals surface area contributed by atoms with Gasteiger partial charge in [-0.25, -0.2) is 0 Å². The summed E-state index contributed by atoms with van der Waals surface area (Å²) in [5.41, 5.74) is 0.276. The van der Waals surface area contributed by atoms with Crippen LogP contribution in [0.4, 0.5) is 0 Å². The summed E-state index contributed by atoms with van der Waals surface area (Å²) in [5, 5.41) is -1.41. The largest absolute Gasteiger partial charge is 0.293 e. The lowest BCUT2D eigenvalue weighted by Gasteiger charge is -2.06. The summed E-state index contributed by atoms with van der Waals surface area (Å²) in [6.07, 6.45) is 0. The summed E-state index contributed by atoms with van der Waals surface area (Å²) < 4.78 is 30.0. The molecule has 5 heteroatoms. The van der Waals surface area contributed by atoms with Gasteiger partial charge in [-0.2, -0.15) is 8.42 Å². The topological polar surface area (TPSA) is 71.4 Å². The molecule has 76 valence electrons. The van der Waals surface area contributed by atoms with Crippen LogP contribution in [0.1, 0.15) is 17.3 Å².